The summed E-state index contributed by atoms with van der Waals surface area (Å²) in [5, 5.41) is 3.82. The maximum absolute atomic E-state index is 6.15. The van der Waals surface area contributed by atoms with Crippen molar-refractivity contribution in [2.45, 2.75) is 20.3 Å². The third kappa shape index (κ3) is 3.54. The first-order valence-electron chi connectivity index (χ1n) is 6.52. The number of anilines is 3. The van der Waals surface area contributed by atoms with Gasteiger partial charge in [0, 0.05) is 0 Å². The van der Waals surface area contributed by atoms with Crippen LogP contribution in [0.3, 0.4) is 0 Å². The first kappa shape index (κ1) is 14.5. The predicted molar refractivity (Wildman–Crippen MR) is 83.9 cm³/mol. The summed E-state index contributed by atoms with van der Waals surface area (Å²) in [6.07, 6.45) is 0.905. The smallest absolute Gasteiger partial charge is 0.239 e. The number of ether oxygens (including phenoxy) is 1. The van der Waals surface area contributed by atoms with Gasteiger partial charge in [0.25, 0.3) is 0 Å². The Morgan fingerprint density at radius 2 is 2.10 bits per heavy atom. The van der Waals surface area contributed by atoms with E-state index in [0.717, 1.165) is 17.7 Å². The number of nitrogens with zero attached hydrogens (tertiary/aromatic N) is 1. The van der Waals surface area contributed by atoms with Crippen LogP contribution in [0.1, 0.15) is 18.9 Å². The molecule has 5 heteroatoms. The second kappa shape index (κ2) is 6.48. The number of aryl methyl sites for hydroxylation is 1. The van der Waals surface area contributed by atoms with Gasteiger partial charge in [0.2, 0.25) is 5.88 Å². The molecule has 0 aliphatic heterocycles. The standard InChI is InChI=1S/C15H18ClN3O/c1-3-8-20-15-12(17)6-7-14(19-15)18-13-9-10(2)4-5-11(13)16/h4-7,9H,3,8,17H2,1-2H3,(H,18,19). The van der Waals surface area contributed by atoms with E-state index in [4.69, 9.17) is 22.1 Å². The summed E-state index contributed by atoms with van der Waals surface area (Å²) >= 11 is 6.15. The van der Waals surface area contributed by atoms with Crippen molar-refractivity contribution in [2.24, 2.45) is 0 Å². The highest BCUT2D eigenvalue weighted by Crippen LogP contribution is 2.28. The molecule has 0 bridgehead atoms. The maximum Gasteiger partial charge on any atom is 0.239 e. The van der Waals surface area contributed by atoms with Crippen molar-refractivity contribution in [2.75, 3.05) is 17.7 Å². The maximum atomic E-state index is 6.15. The monoisotopic (exact) mass is 291 g/mol. The SMILES string of the molecule is CCCOc1nc(Nc2cc(C)ccc2Cl)ccc1N. The number of benzene rings is 1. The summed E-state index contributed by atoms with van der Waals surface area (Å²) in [5.41, 5.74) is 8.29. The van der Waals surface area contributed by atoms with Gasteiger partial charge in [-0.3, -0.25) is 0 Å². The van der Waals surface area contributed by atoms with Gasteiger partial charge in [-0.1, -0.05) is 24.6 Å². The quantitative estimate of drug-likeness (QED) is 0.868. The zero-order valence-corrected chi connectivity index (χ0v) is 12.4. The molecule has 1 heterocycles. The molecule has 0 radical (unpaired) electrons. The number of nitrogens with two attached hydrogens (primary N) is 1. The van der Waals surface area contributed by atoms with E-state index in [0.29, 0.717) is 29.0 Å². The van der Waals surface area contributed by atoms with Crippen molar-refractivity contribution in [3.63, 3.8) is 0 Å². The topological polar surface area (TPSA) is 60.2 Å². The van der Waals surface area contributed by atoms with Gasteiger partial charge in [0.1, 0.15) is 5.82 Å². The summed E-state index contributed by atoms with van der Waals surface area (Å²) in [4.78, 5) is 4.36. The zero-order chi connectivity index (χ0) is 14.5. The number of nitrogens with one attached hydrogen (secondary N) is 1. The molecule has 0 atom stereocenters. The number of aromatic nitrogens is 1. The number of rotatable bonds is 5. The second-order valence-electron chi connectivity index (χ2n) is 4.55. The van der Waals surface area contributed by atoms with E-state index in [2.05, 4.69) is 10.3 Å². The Kier molecular flexibility index (Phi) is 4.69. The average Bonchev–Trinajstić information content (AvgIpc) is 2.43. The predicted octanol–water partition coefficient (Wildman–Crippen LogP) is 4.16. The lowest BCUT2D eigenvalue weighted by Gasteiger charge is -2.11. The molecule has 2 aromatic rings. The van der Waals surface area contributed by atoms with E-state index < -0.39 is 0 Å². The Bertz CT molecular complexity index is 602. The molecule has 3 N–H and O–H groups in total. The Hall–Kier alpha value is -1.94. The number of halogens is 1. The summed E-state index contributed by atoms with van der Waals surface area (Å²) in [6.45, 7) is 4.63. The van der Waals surface area contributed by atoms with Gasteiger partial charge in [0.05, 0.1) is 23.0 Å². The Morgan fingerprint density at radius 3 is 2.85 bits per heavy atom. The molecule has 4 nitrogen and oxygen atoms in total. The van der Waals surface area contributed by atoms with E-state index in [1.54, 1.807) is 12.1 Å². The largest absolute Gasteiger partial charge is 0.476 e. The molecule has 0 fully saturated rings. The molecule has 1 aromatic heterocycles. The first-order chi connectivity index (χ1) is 9.60. The minimum atomic E-state index is 0.445. The van der Waals surface area contributed by atoms with E-state index in [9.17, 15) is 0 Å². The number of hydrogen-bond acceptors (Lipinski definition) is 4. The van der Waals surface area contributed by atoms with Crippen LogP contribution in [-0.4, -0.2) is 11.6 Å². The first-order valence-corrected chi connectivity index (χ1v) is 6.90. The lowest BCUT2D eigenvalue weighted by Crippen LogP contribution is -2.03. The molecule has 0 spiro atoms. The molecule has 106 valence electrons. The number of pyridine rings is 1. The Balaban J connectivity index is 2.22. The molecular weight excluding hydrogens is 274 g/mol. The van der Waals surface area contributed by atoms with Crippen LogP contribution in [0.4, 0.5) is 17.2 Å². The van der Waals surface area contributed by atoms with E-state index in [1.807, 2.05) is 32.0 Å². The fourth-order valence-corrected chi connectivity index (χ4v) is 1.87. The Labute approximate surface area is 123 Å². The molecule has 0 amide bonds. The lowest BCUT2D eigenvalue weighted by molar-refractivity contribution is 0.307. The lowest BCUT2D eigenvalue weighted by atomic mass is 10.2. The molecular formula is C15H18ClN3O. The van der Waals surface area contributed by atoms with Crippen molar-refractivity contribution in [3.8, 4) is 5.88 Å². The highest BCUT2D eigenvalue weighted by atomic mass is 35.5. The molecule has 0 aliphatic rings. The molecule has 20 heavy (non-hydrogen) atoms. The molecule has 0 saturated heterocycles. The van der Waals surface area contributed by atoms with E-state index in [-0.39, 0.29) is 0 Å². The highest BCUT2D eigenvalue weighted by molar-refractivity contribution is 6.33. The zero-order valence-electron chi connectivity index (χ0n) is 11.6. The molecule has 0 aliphatic carbocycles. The molecule has 0 unspecified atom stereocenters. The van der Waals surface area contributed by atoms with Crippen LogP contribution < -0.4 is 15.8 Å². The highest BCUT2D eigenvalue weighted by Gasteiger charge is 2.06. The second-order valence-corrected chi connectivity index (χ2v) is 4.95. The van der Waals surface area contributed by atoms with Gasteiger partial charge in [0.15, 0.2) is 0 Å². The minimum absolute atomic E-state index is 0.445. The van der Waals surface area contributed by atoms with Crippen LogP contribution in [-0.2, 0) is 0 Å². The van der Waals surface area contributed by atoms with Crippen LogP contribution in [0.25, 0.3) is 0 Å². The molecule has 1 aromatic carbocycles. The fourth-order valence-electron chi connectivity index (χ4n) is 1.71. The van der Waals surface area contributed by atoms with Gasteiger partial charge in [-0.15, -0.1) is 0 Å². The van der Waals surface area contributed by atoms with Crippen molar-refractivity contribution in [1.82, 2.24) is 4.98 Å². The normalized spacial score (nSPS) is 10.3. The Morgan fingerprint density at radius 1 is 1.30 bits per heavy atom. The van der Waals surface area contributed by atoms with Crippen LogP contribution >= 0.6 is 11.6 Å². The minimum Gasteiger partial charge on any atom is -0.476 e. The van der Waals surface area contributed by atoms with E-state index >= 15 is 0 Å². The fraction of sp³-hybridized carbons (Fsp3) is 0.267. The third-order valence-corrected chi connectivity index (χ3v) is 3.05. The van der Waals surface area contributed by atoms with Crippen molar-refractivity contribution in [1.29, 1.82) is 0 Å². The van der Waals surface area contributed by atoms with Crippen LogP contribution in [0.15, 0.2) is 30.3 Å². The molecule has 2 rings (SSSR count). The summed E-state index contributed by atoms with van der Waals surface area (Å²) in [7, 11) is 0. The van der Waals surface area contributed by atoms with Gasteiger partial charge < -0.3 is 15.8 Å². The van der Waals surface area contributed by atoms with Gasteiger partial charge in [-0.05, 0) is 43.2 Å². The van der Waals surface area contributed by atoms with E-state index in [1.165, 1.54) is 0 Å². The van der Waals surface area contributed by atoms with Crippen LogP contribution in [0.2, 0.25) is 5.02 Å². The van der Waals surface area contributed by atoms with Crippen molar-refractivity contribution < 1.29 is 4.74 Å². The number of nitrogen functional groups attached to an aromatic ring is 1. The van der Waals surface area contributed by atoms with Gasteiger partial charge >= 0.3 is 0 Å². The van der Waals surface area contributed by atoms with Gasteiger partial charge in [-0.25, -0.2) is 0 Å². The van der Waals surface area contributed by atoms with Crippen LogP contribution in [0, 0.1) is 6.92 Å². The van der Waals surface area contributed by atoms with Crippen LogP contribution in [0.5, 0.6) is 5.88 Å². The summed E-state index contributed by atoms with van der Waals surface area (Å²) in [6, 6.07) is 9.34. The van der Waals surface area contributed by atoms with Crippen molar-refractivity contribution in [3.05, 3.63) is 40.9 Å². The van der Waals surface area contributed by atoms with Crippen molar-refractivity contribution >= 4 is 28.8 Å². The summed E-state index contributed by atoms with van der Waals surface area (Å²) < 4.78 is 5.51. The average molecular weight is 292 g/mol. The van der Waals surface area contributed by atoms with Gasteiger partial charge in [-0.2, -0.15) is 4.98 Å². The third-order valence-electron chi connectivity index (χ3n) is 2.72. The summed E-state index contributed by atoms with van der Waals surface area (Å²) in [5.74, 6) is 1.10. The molecule has 0 saturated carbocycles. The number of hydrogen-bond donors (Lipinski definition) is 2.